The fourth-order valence-corrected chi connectivity index (χ4v) is 8.02. The number of nitrogens with zero attached hydrogens (tertiary/aromatic N) is 1. The molecule has 0 spiro atoms. The lowest BCUT2D eigenvalue weighted by Crippen LogP contribution is -2.37. The fraction of sp³-hybridized carbons (Fsp3) is 0.667. The summed E-state index contributed by atoms with van der Waals surface area (Å²) in [6.07, 6.45) is 36.1. The molecule has 0 aliphatic carbocycles. The Morgan fingerprint density at radius 3 is 1.33 bits per heavy atom. The van der Waals surface area contributed by atoms with E-state index >= 15 is 0 Å². The Morgan fingerprint density at radius 2 is 0.922 bits per heavy atom. The molecule has 2 rings (SSSR count). The minimum absolute atomic E-state index is 0.0360. The van der Waals surface area contributed by atoms with Gasteiger partial charge in [0.15, 0.2) is 6.10 Å². The lowest BCUT2D eigenvalue weighted by Gasteiger charge is -2.28. The van der Waals surface area contributed by atoms with Crippen LogP contribution < -0.4 is 4.89 Å². The maximum Gasteiger partial charge on any atom is 0.306 e. The predicted octanol–water partition coefficient (Wildman–Crippen LogP) is 13.8. The highest BCUT2D eigenvalue weighted by Crippen LogP contribution is 2.38. The van der Waals surface area contributed by atoms with E-state index < -0.39 is 32.5 Å². The van der Waals surface area contributed by atoms with Gasteiger partial charge in [0.2, 0.25) is 0 Å². The highest BCUT2D eigenvalue weighted by atomic mass is 31.2. The highest BCUT2D eigenvalue weighted by molar-refractivity contribution is 7.45. The highest BCUT2D eigenvalue weighted by Gasteiger charge is 2.21. The quantitative estimate of drug-likeness (QED) is 0.0281. The molecule has 0 heterocycles. The molecule has 2 atom stereocenters. The monoisotopic (exact) mass is 910 g/mol. The molecule has 362 valence electrons. The third-order valence-electron chi connectivity index (χ3n) is 11.4. The molecule has 2 aromatic carbocycles. The first kappa shape index (κ1) is 57.1. The van der Waals surface area contributed by atoms with E-state index in [1.165, 1.54) is 112 Å². The van der Waals surface area contributed by atoms with Crippen LogP contribution in [-0.4, -0.2) is 70.0 Å². The molecule has 0 aliphatic heterocycles. The number of likely N-dealkylation sites (N-methyl/N-ethyl adjacent to an activating group) is 1. The summed E-state index contributed by atoms with van der Waals surface area (Å²) in [5, 5.41) is 0. The van der Waals surface area contributed by atoms with Crippen LogP contribution in [0.3, 0.4) is 0 Å². The summed E-state index contributed by atoms with van der Waals surface area (Å²) < 4.78 is 34.1. The van der Waals surface area contributed by atoms with Crippen LogP contribution in [-0.2, 0) is 32.7 Å². The van der Waals surface area contributed by atoms with Crippen molar-refractivity contribution in [2.75, 3.05) is 47.5 Å². The molecule has 0 fully saturated rings. The fourth-order valence-electron chi connectivity index (χ4n) is 7.30. The topological polar surface area (TPSA) is 111 Å². The number of aryl methyl sites for hydroxylation is 2. The molecule has 9 nitrogen and oxygen atoms in total. The van der Waals surface area contributed by atoms with E-state index in [4.69, 9.17) is 18.5 Å². The van der Waals surface area contributed by atoms with Crippen LogP contribution in [0.5, 0.6) is 0 Å². The summed E-state index contributed by atoms with van der Waals surface area (Å²) in [6.45, 7) is 3.92. The number of hydrogen-bond donors (Lipinski definition) is 0. The van der Waals surface area contributed by atoms with Gasteiger partial charge in [-0.15, -0.1) is 0 Å². The van der Waals surface area contributed by atoms with E-state index in [-0.39, 0.29) is 26.1 Å². The third kappa shape index (κ3) is 34.3. The van der Waals surface area contributed by atoms with E-state index in [1.807, 2.05) is 21.1 Å². The summed E-state index contributed by atoms with van der Waals surface area (Å²) >= 11 is 0. The largest absolute Gasteiger partial charge is 0.756 e. The van der Waals surface area contributed by atoms with E-state index in [1.54, 1.807) is 0 Å². The van der Waals surface area contributed by atoms with Crippen molar-refractivity contribution in [2.24, 2.45) is 0 Å². The molecule has 0 aliphatic rings. The Balaban J connectivity index is 1.53. The zero-order valence-electron chi connectivity index (χ0n) is 40.9. The van der Waals surface area contributed by atoms with Crippen LogP contribution in [0.2, 0.25) is 0 Å². The van der Waals surface area contributed by atoms with Gasteiger partial charge in [0.1, 0.15) is 19.8 Å². The smallest absolute Gasteiger partial charge is 0.306 e. The number of ether oxygens (including phenoxy) is 2. The third-order valence-corrected chi connectivity index (χ3v) is 12.4. The number of phosphoric ester groups is 1. The van der Waals surface area contributed by atoms with Gasteiger partial charge in [-0.1, -0.05) is 200 Å². The number of carbonyl (C=O) groups is 2. The number of allylic oxidation sites excluding steroid dienone is 2. The average Bonchev–Trinajstić information content (AvgIpc) is 3.25. The Labute approximate surface area is 390 Å². The van der Waals surface area contributed by atoms with E-state index in [0.717, 1.165) is 57.8 Å². The second-order valence-electron chi connectivity index (χ2n) is 18.9. The van der Waals surface area contributed by atoms with Crippen molar-refractivity contribution in [3.63, 3.8) is 0 Å². The van der Waals surface area contributed by atoms with Gasteiger partial charge in [-0.25, -0.2) is 0 Å². The molecule has 0 saturated carbocycles. The van der Waals surface area contributed by atoms with Gasteiger partial charge in [-0.05, 0) is 63.5 Å². The number of quaternary nitrogens is 1. The van der Waals surface area contributed by atoms with Crippen molar-refractivity contribution in [3.05, 3.63) is 82.9 Å². The van der Waals surface area contributed by atoms with Crippen molar-refractivity contribution < 1.29 is 42.1 Å². The SMILES string of the molecule is Cc1ccc(/C=C\CCCCCCCCCCCCCC(=O)OC[C@H](COP(=O)([O-])OCC[N+](C)(C)C)OC(=O)CCCCCCCCCCCCC/C=C\c2ccc(C)cc2)cc1. The maximum absolute atomic E-state index is 12.8. The second kappa shape index (κ2) is 36.1. The lowest BCUT2D eigenvalue weighted by atomic mass is 10.0. The molecular formula is C54H88NO8P. The predicted molar refractivity (Wildman–Crippen MR) is 264 cm³/mol. The first-order valence-electron chi connectivity index (χ1n) is 25.0. The molecule has 2 aromatic rings. The number of phosphoric acid groups is 1. The van der Waals surface area contributed by atoms with E-state index in [0.29, 0.717) is 17.4 Å². The van der Waals surface area contributed by atoms with Crippen LogP contribution in [0.15, 0.2) is 60.7 Å². The van der Waals surface area contributed by atoms with Crippen LogP contribution in [0.4, 0.5) is 0 Å². The molecule has 10 heteroatoms. The molecule has 0 bridgehead atoms. The zero-order chi connectivity index (χ0) is 46.6. The van der Waals surface area contributed by atoms with Crippen molar-refractivity contribution in [1.82, 2.24) is 0 Å². The number of carbonyl (C=O) groups excluding carboxylic acids is 2. The normalized spacial score (nSPS) is 13.4. The van der Waals surface area contributed by atoms with Gasteiger partial charge in [0.05, 0.1) is 27.7 Å². The summed E-state index contributed by atoms with van der Waals surface area (Å²) in [5.41, 5.74) is 5.12. The number of esters is 2. The Bertz CT molecular complexity index is 1580. The van der Waals surface area contributed by atoms with Gasteiger partial charge < -0.3 is 27.9 Å². The minimum atomic E-state index is -4.64. The van der Waals surface area contributed by atoms with Gasteiger partial charge >= 0.3 is 11.9 Å². The summed E-state index contributed by atoms with van der Waals surface area (Å²) in [7, 11) is 1.15. The Kier molecular flexibility index (Phi) is 32.2. The molecule has 0 radical (unpaired) electrons. The van der Waals surface area contributed by atoms with E-state index in [9.17, 15) is 19.0 Å². The van der Waals surface area contributed by atoms with Crippen LogP contribution in [0, 0.1) is 13.8 Å². The Hall–Kier alpha value is -3.07. The number of benzene rings is 2. The van der Waals surface area contributed by atoms with Crippen LogP contribution in [0.1, 0.15) is 189 Å². The average molecular weight is 910 g/mol. The first-order chi connectivity index (χ1) is 30.8. The van der Waals surface area contributed by atoms with Crippen LogP contribution >= 0.6 is 7.82 Å². The van der Waals surface area contributed by atoms with Gasteiger partial charge in [-0.2, -0.15) is 0 Å². The lowest BCUT2D eigenvalue weighted by molar-refractivity contribution is -0.870. The number of unbranched alkanes of at least 4 members (excludes halogenated alkanes) is 22. The standard InChI is InChI=1S/C54H88NO8P/c1-48-36-40-50(41-37-48)32-28-24-20-16-12-8-6-10-14-18-22-26-30-34-53(56)60-46-52(47-62-64(58,59)61-45-44-55(3,4)5)63-54(57)35-31-27-23-19-15-11-7-9-13-17-21-25-29-33-51-42-38-49(2)39-43-51/h28-29,32-33,36-43,52H,6-27,30-31,34-35,44-47H2,1-5H3/b32-28-,33-29-/t52-/m1/s1. The first-order valence-corrected chi connectivity index (χ1v) is 26.5. The molecule has 0 aromatic heterocycles. The van der Waals surface area contributed by atoms with Gasteiger partial charge in [0, 0.05) is 12.8 Å². The number of hydrogen-bond acceptors (Lipinski definition) is 8. The summed E-state index contributed by atoms with van der Waals surface area (Å²) in [6, 6.07) is 17.3. The zero-order valence-corrected chi connectivity index (χ0v) is 41.8. The molecule has 1 unspecified atom stereocenters. The molecule has 64 heavy (non-hydrogen) atoms. The molecule has 0 N–H and O–H groups in total. The maximum atomic E-state index is 12.8. The molecular weight excluding hydrogens is 822 g/mol. The second-order valence-corrected chi connectivity index (χ2v) is 20.3. The summed E-state index contributed by atoms with van der Waals surface area (Å²) in [4.78, 5) is 37.8. The minimum Gasteiger partial charge on any atom is -0.756 e. The Morgan fingerprint density at radius 1 is 0.547 bits per heavy atom. The van der Waals surface area contributed by atoms with Crippen molar-refractivity contribution in [1.29, 1.82) is 0 Å². The summed E-state index contributed by atoms with van der Waals surface area (Å²) in [5.74, 6) is -0.845. The van der Waals surface area contributed by atoms with Crippen molar-refractivity contribution >= 4 is 31.9 Å². The van der Waals surface area contributed by atoms with E-state index in [2.05, 4.69) is 86.7 Å². The van der Waals surface area contributed by atoms with Crippen LogP contribution in [0.25, 0.3) is 12.2 Å². The molecule has 0 amide bonds. The number of rotatable bonds is 40. The van der Waals surface area contributed by atoms with Crippen molar-refractivity contribution in [2.45, 2.75) is 187 Å². The van der Waals surface area contributed by atoms with Gasteiger partial charge in [0.25, 0.3) is 7.82 Å². The van der Waals surface area contributed by atoms with Crippen molar-refractivity contribution in [3.8, 4) is 0 Å². The van der Waals surface area contributed by atoms with Gasteiger partial charge in [-0.3, -0.25) is 14.2 Å². The molecule has 0 saturated heterocycles.